The predicted octanol–water partition coefficient (Wildman–Crippen LogP) is 2.05. The molecular formula is C14H15NO2. The zero-order valence-corrected chi connectivity index (χ0v) is 9.63. The van der Waals surface area contributed by atoms with E-state index >= 15 is 0 Å². The van der Waals surface area contributed by atoms with Crippen LogP contribution in [0.25, 0.3) is 0 Å². The summed E-state index contributed by atoms with van der Waals surface area (Å²) >= 11 is 0. The van der Waals surface area contributed by atoms with Crippen LogP contribution in [-0.4, -0.2) is 29.2 Å². The number of carbonyl (C=O) groups is 2. The Kier molecular flexibility index (Phi) is 3.38. The number of rotatable bonds is 4. The molecule has 17 heavy (non-hydrogen) atoms. The number of ketones is 1. The first kappa shape index (κ1) is 11.6. The zero-order chi connectivity index (χ0) is 12.3. The summed E-state index contributed by atoms with van der Waals surface area (Å²) in [5, 5.41) is 0. The second-order valence-corrected chi connectivity index (χ2v) is 4.12. The molecule has 1 aliphatic rings. The van der Waals surface area contributed by atoms with Gasteiger partial charge in [0.15, 0.2) is 5.78 Å². The van der Waals surface area contributed by atoms with Gasteiger partial charge in [-0.25, -0.2) is 0 Å². The fraction of sp³-hybridized carbons (Fsp3) is 0.286. The molecule has 0 N–H and O–H groups in total. The normalized spacial score (nSPS) is 19.4. The van der Waals surface area contributed by atoms with Crippen molar-refractivity contribution in [1.82, 2.24) is 4.90 Å². The third kappa shape index (κ3) is 2.28. The topological polar surface area (TPSA) is 37.4 Å². The van der Waals surface area contributed by atoms with E-state index in [4.69, 9.17) is 0 Å². The van der Waals surface area contributed by atoms with Crippen molar-refractivity contribution in [3.05, 3.63) is 48.6 Å². The van der Waals surface area contributed by atoms with E-state index in [1.807, 2.05) is 18.2 Å². The van der Waals surface area contributed by atoms with E-state index in [1.54, 1.807) is 23.1 Å². The van der Waals surface area contributed by atoms with Crippen LogP contribution in [0.4, 0.5) is 0 Å². The summed E-state index contributed by atoms with van der Waals surface area (Å²) in [6.07, 6.45) is 2.73. The van der Waals surface area contributed by atoms with Crippen molar-refractivity contribution in [1.29, 1.82) is 0 Å². The molecule has 0 radical (unpaired) electrons. The molecule has 1 atom stereocenters. The van der Waals surface area contributed by atoms with Gasteiger partial charge in [-0.05, 0) is 6.42 Å². The second-order valence-electron chi connectivity index (χ2n) is 4.12. The number of hydrogen-bond donors (Lipinski definition) is 0. The van der Waals surface area contributed by atoms with Gasteiger partial charge >= 0.3 is 0 Å². The Morgan fingerprint density at radius 2 is 2.12 bits per heavy atom. The van der Waals surface area contributed by atoms with Crippen LogP contribution in [-0.2, 0) is 4.79 Å². The molecular weight excluding hydrogens is 214 g/mol. The van der Waals surface area contributed by atoms with Crippen LogP contribution < -0.4 is 0 Å². The Morgan fingerprint density at radius 3 is 2.76 bits per heavy atom. The van der Waals surface area contributed by atoms with Gasteiger partial charge in [0, 0.05) is 18.5 Å². The molecule has 1 fully saturated rings. The van der Waals surface area contributed by atoms with E-state index in [0.29, 0.717) is 24.9 Å². The van der Waals surface area contributed by atoms with Crippen LogP contribution in [0.15, 0.2) is 43.0 Å². The minimum atomic E-state index is -0.317. The Labute approximate surface area is 101 Å². The summed E-state index contributed by atoms with van der Waals surface area (Å²) in [5.41, 5.74) is 0.668. The van der Waals surface area contributed by atoms with Crippen LogP contribution in [0.1, 0.15) is 23.2 Å². The lowest BCUT2D eigenvalue weighted by Gasteiger charge is -2.22. The molecule has 0 saturated carbocycles. The van der Waals surface area contributed by atoms with Gasteiger partial charge in [-0.15, -0.1) is 6.58 Å². The first-order valence-electron chi connectivity index (χ1n) is 5.73. The standard InChI is InChI=1S/C14H15NO2/c1-2-10-15-12(8-9-13(15)16)14(17)11-6-4-3-5-7-11/h2-7,12H,1,8-10H2. The summed E-state index contributed by atoms with van der Waals surface area (Å²) in [7, 11) is 0. The highest BCUT2D eigenvalue weighted by Gasteiger charge is 2.35. The Morgan fingerprint density at radius 1 is 1.41 bits per heavy atom. The molecule has 88 valence electrons. The minimum absolute atomic E-state index is 0.0262. The molecule has 0 aliphatic carbocycles. The van der Waals surface area contributed by atoms with E-state index in [-0.39, 0.29) is 17.7 Å². The van der Waals surface area contributed by atoms with Crippen molar-refractivity contribution in [3.8, 4) is 0 Å². The number of likely N-dealkylation sites (tertiary alicyclic amines) is 1. The first-order valence-corrected chi connectivity index (χ1v) is 5.73. The number of benzene rings is 1. The number of carbonyl (C=O) groups excluding carboxylic acids is 2. The lowest BCUT2D eigenvalue weighted by atomic mass is 10.0. The maximum absolute atomic E-state index is 12.2. The van der Waals surface area contributed by atoms with Crippen molar-refractivity contribution >= 4 is 11.7 Å². The fourth-order valence-corrected chi connectivity index (χ4v) is 2.17. The van der Waals surface area contributed by atoms with E-state index in [2.05, 4.69) is 6.58 Å². The zero-order valence-electron chi connectivity index (χ0n) is 9.63. The van der Waals surface area contributed by atoms with Gasteiger partial charge in [0.05, 0.1) is 6.04 Å². The van der Waals surface area contributed by atoms with Crippen LogP contribution in [0.3, 0.4) is 0 Å². The molecule has 1 aromatic carbocycles. The SMILES string of the molecule is C=CCN1C(=O)CCC1C(=O)c1ccccc1. The molecule has 0 spiro atoms. The van der Waals surface area contributed by atoms with Gasteiger partial charge in [-0.3, -0.25) is 9.59 Å². The van der Waals surface area contributed by atoms with Crippen molar-refractivity contribution < 1.29 is 9.59 Å². The third-order valence-electron chi connectivity index (χ3n) is 3.01. The largest absolute Gasteiger partial charge is 0.329 e. The number of Topliss-reactive ketones (excluding diaryl/α,β-unsaturated/α-hetero) is 1. The molecule has 3 nitrogen and oxygen atoms in total. The highest BCUT2D eigenvalue weighted by Crippen LogP contribution is 2.22. The summed E-state index contributed by atoms with van der Waals surface area (Å²) in [6, 6.07) is 8.80. The highest BCUT2D eigenvalue weighted by atomic mass is 16.2. The van der Waals surface area contributed by atoms with Crippen LogP contribution in [0.5, 0.6) is 0 Å². The maximum Gasteiger partial charge on any atom is 0.223 e. The molecule has 1 saturated heterocycles. The summed E-state index contributed by atoms with van der Waals surface area (Å²) in [4.78, 5) is 25.5. The minimum Gasteiger partial charge on any atom is -0.329 e. The van der Waals surface area contributed by atoms with Crippen LogP contribution in [0.2, 0.25) is 0 Å². The molecule has 1 aliphatic heterocycles. The molecule has 1 amide bonds. The van der Waals surface area contributed by atoms with Crippen molar-refractivity contribution in [2.75, 3.05) is 6.54 Å². The monoisotopic (exact) mass is 229 g/mol. The van der Waals surface area contributed by atoms with Crippen molar-refractivity contribution in [2.45, 2.75) is 18.9 Å². The lowest BCUT2D eigenvalue weighted by Crippen LogP contribution is -2.38. The van der Waals surface area contributed by atoms with E-state index in [1.165, 1.54) is 0 Å². The predicted molar refractivity (Wildman–Crippen MR) is 65.7 cm³/mol. The average molecular weight is 229 g/mol. The van der Waals surface area contributed by atoms with Gasteiger partial charge in [0.25, 0.3) is 0 Å². The smallest absolute Gasteiger partial charge is 0.223 e. The van der Waals surface area contributed by atoms with E-state index in [9.17, 15) is 9.59 Å². The van der Waals surface area contributed by atoms with E-state index < -0.39 is 0 Å². The lowest BCUT2D eigenvalue weighted by molar-refractivity contribution is -0.128. The Balaban J connectivity index is 2.19. The maximum atomic E-state index is 12.2. The van der Waals surface area contributed by atoms with Gasteiger partial charge < -0.3 is 4.90 Å². The summed E-state index contributed by atoms with van der Waals surface area (Å²) in [5.74, 6) is 0.0671. The van der Waals surface area contributed by atoms with Gasteiger partial charge in [-0.1, -0.05) is 36.4 Å². The quantitative estimate of drug-likeness (QED) is 0.585. The molecule has 0 aromatic heterocycles. The van der Waals surface area contributed by atoms with Gasteiger partial charge in [0.2, 0.25) is 5.91 Å². The number of nitrogens with zero attached hydrogens (tertiary/aromatic N) is 1. The molecule has 1 aromatic rings. The van der Waals surface area contributed by atoms with Gasteiger partial charge in [0.1, 0.15) is 0 Å². The summed E-state index contributed by atoms with van der Waals surface area (Å²) in [6.45, 7) is 4.07. The van der Waals surface area contributed by atoms with Crippen molar-refractivity contribution in [3.63, 3.8) is 0 Å². The molecule has 3 heteroatoms. The van der Waals surface area contributed by atoms with Crippen LogP contribution >= 0.6 is 0 Å². The molecule has 1 heterocycles. The van der Waals surface area contributed by atoms with E-state index in [0.717, 1.165) is 0 Å². The average Bonchev–Trinajstić information content (AvgIpc) is 2.72. The first-order chi connectivity index (χ1) is 8.24. The Bertz CT molecular complexity index is 439. The summed E-state index contributed by atoms with van der Waals surface area (Å²) < 4.78 is 0. The molecule has 1 unspecified atom stereocenters. The Hall–Kier alpha value is -1.90. The highest BCUT2D eigenvalue weighted by molar-refractivity contribution is 6.03. The second kappa shape index (κ2) is 4.95. The fourth-order valence-electron chi connectivity index (χ4n) is 2.17. The number of hydrogen-bond acceptors (Lipinski definition) is 2. The van der Waals surface area contributed by atoms with Gasteiger partial charge in [-0.2, -0.15) is 0 Å². The van der Waals surface area contributed by atoms with Crippen molar-refractivity contribution in [2.24, 2.45) is 0 Å². The molecule has 0 bridgehead atoms. The molecule has 2 rings (SSSR count). The third-order valence-corrected chi connectivity index (χ3v) is 3.01. The van der Waals surface area contributed by atoms with Crippen LogP contribution in [0, 0.1) is 0 Å². The number of amides is 1.